The normalized spacial score (nSPS) is 11.5. The minimum absolute atomic E-state index is 0.00627. The number of amides is 1. The lowest BCUT2D eigenvalue weighted by Crippen LogP contribution is -2.30. The van der Waals surface area contributed by atoms with Crippen molar-refractivity contribution >= 4 is 5.91 Å². The zero-order chi connectivity index (χ0) is 17.2. The molecule has 0 bridgehead atoms. The number of nitrogens with one attached hydrogen (secondary N) is 2. The molecule has 124 valence electrons. The zero-order valence-corrected chi connectivity index (χ0v) is 12.5. The minimum atomic E-state index is -4.55. The Hall–Kier alpha value is -2.58. The molecule has 0 radical (unpaired) electrons. The molecule has 0 spiro atoms. The van der Waals surface area contributed by atoms with E-state index in [-0.39, 0.29) is 18.6 Å². The molecule has 0 aliphatic heterocycles. The molecule has 0 fully saturated rings. The number of aryl methyl sites for hydroxylation is 2. The standard InChI is InChI=1S/C14H15F3N4O2/c1-8-5-9(2)19-13(23)10(8)6-18-12(22)7-21-4-3-11(20-21)14(15,16)17/h3-5H,6-7H2,1-2H3,(H,18,22)(H,19,23). The quantitative estimate of drug-likeness (QED) is 0.893. The Morgan fingerprint density at radius 2 is 2.09 bits per heavy atom. The van der Waals surface area contributed by atoms with E-state index in [0.29, 0.717) is 11.3 Å². The Morgan fingerprint density at radius 1 is 1.39 bits per heavy atom. The third-order valence-corrected chi connectivity index (χ3v) is 3.19. The number of aromatic nitrogens is 3. The van der Waals surface area contributed by atoms with E-state index >= 15 is 0 Å². The van der Waals surface area contributed by atoms with Gasteiger partial charge in [0.05, 0.1) is 0 Å². The molecule has 0 aromatic carbocycles. The second-order valence-corrected chi connectivity index (χ2v) is 5.12. The molecule has 2 N–H and O–H groups in total. The molecule has 0 unspecified atom stereocenters. The van der Waals surface area contributed by atoms with Crippen LogP contribution in [0.25, 0.3) is 0 Å². The summed E-state index contributed by atoms with van der Waals surface area (Å²) < 4.78 is 38.1. The highest BCUT2D eigenvalue weighted by Crippen LogP contribution is 2.27. The Balaban J connectivity index is 1.99. The number of hydrogen-bond acceptors (Lipinski definition) is 3. The number of aromatic amines is 1. The summed E-state index contributed by atoms with van der Waals surface area (Å²) in [5, 5.41) is 5.78. The molecule has 2 aromatic heterocycles. The van der Waals surface area contributed by atoms with Crippen molar-refractivity contribution in [1.82, 2.24) is 20.1 Å². The molecular weight excluding hydrogens is 313 g/mol. The lowest BCUT2D eigenvalue weighted by molar-refractivity contribution is -0.141. The van der Waals surface area contributed by atoms with Crippen LogP contribution < -0.4 is 10.9 Å². The fourth-order valence-corrected chi connectivity index (χ4v) is 2.09. The van der Waals surface area contributed by atoms with Crippen LogP contribution in [0.3, 0.4) is 0 Å². The molecule has 2 aromatic rings. The Kier molecular flexibility index (Phi) is 4.57. The third-order valence-electron chi connectivity index (χ3n) is 3.19. The first-order valence-corrected chi connectivity index (χ1v) is 6.73. The summed E-state index contributed by atoms with van der Waals surface area (Å²) in [4.78, 5) is 26.2. The van der Waals surface area contributed by atoms with Gasteiger partial charge in [0.2, 0.25) is 5.91 Å². The van der Waals surface area contributed by atoms with Crippen molar-refractivity contribution in [2.45, 2.75) is 33.1 Å². The second kappa shape index (κ2) is 6.27. The maximum Gasteiger partial charge on any atom is 0.435 e. The van der Waals surface area contributed by atoms with Gasteiger partial charge >= 0.3 is 6.18 Å². The molecular formula is C14H15F3N4O2. The second-order valence-electron chi connectivity index (χ2n) is 5.12. The zero-order valence-electron chi connectivity index (χ0n) is 12.5. The van der Waals surface area contributed by atoms with Crippen LogP contribution in [0.2, 0.25) is 0 Å². The summed E-state index contributed by atoms with van der Waals surface area (Å²) in [6.07, 6.45) is -3.47. The van der Waals surface area contributed by atoms with E-state index in [1.807, 2.05) is 0 Å². The van der Waals surface area contributed by atoms with E-state index in [2.05, 4.69) is 15.4 Å². The van der Waals surface area contributed by atoms with Gasteiger partial charge in [-0.15, -0.1) is 0 Å². The van der Waals surface area contributed by atoms with Crippen LogP contribution in [0.5, 0.6) is 0 Å². The van der Waals surface area contributed by atoms with E-state index < -0.39 is 17.8 Å². The van der Waals surface area contributed by atoms with Crippen LogP contribution >= 0.6 is 0 Å². The van der Waals surface area contributed by atoms with Crippen molar-refractivity contribution in [3.05, 3.63) is 51.2 Å². The van der Waals surface area contributed by atoms with Gasteiger partial charge in [-0.05, 0) is 31.5 Å². The lowest BCUT2D eigenvalue weighted by Gasteiger charge is -2.08. The van der Waals surface area contributed by atoms with Crippen LogP contribution in [0.4, 0.5) is 13.2 Å². The highest BCUT2D eigenvalue weighted by Gasteiger charge is 2.33. The number of carbonyl (C=O) groups excluding carboxylic acids is 1. The monoisotopic (exact) mass is 328 g/mol. The van der Waals surface area contributed by atoms with Gasteiger partial charge in [0, 0.05) is 24.0 Å². The molecule has 2 heterocycles. The predicted molar refractivity (Wildman–Crippen MR) is 75.6 cm³/mol. The van der Waals surface area contributed by atoms with Gasteiger partial charge in [0.15, 0.2) is 5.69 Å². The summed E-state index contributed by atoms with van der Waals surface area (Å²) in [6.45, 7) is 3.12. The highest BCUT2D eigenvalue weighted by atomic mass is 19.4. The van der Waals surface area contributed by atoms with Crippen LogP contribution in [0, 0.1) is 13.8 Å². The first-order chi connectivity index (χ1) is 10.7. The SMILES string of the molecule is Cc1cc(C)c(CNC(=O)Cn2ccc(C(F)(F)F)n2)c(=O)[nH]1. The van der Waals surface area contributed by atoms with Crippen molar-refractivity contribution in [2.24, 2.45) is 0 Å². The average molecular weight is 328 g/mol. The topological polar surface area (TPSA) is 79.8 Å². The van der Waals surface area contributed by atoms with E-state index in [1.165, 1.54) is 0 Å². The fourth-order valence-electron chi connectivity index (χ4n) is 2.09. The minimum Gasteiger partial charge on any atom is -0.350 e. The molecule has 1 amide bonds. The third kappa shape index (κ3) is 4.21. The number of pyridine rings is 1. The van der Waals surface area contributed by atoms with Crippen molar-refractivity contribution < 1.29 is 18.0 Å². The molecule has 0 saturated heterocycles. The van der Waals surface area contributed by atoms with E-state index in [0.717, 1.165) is 22.5 Å². The molecule has 0 atom stereocenters. The number of alkyl halides is 3. The summed E-state index contributed by atoms with van der Waals surface area (Å²) >= 11 is 0. The first-order valence-electron chi connectivity index (χ1n) is 6.73. The summed E-state index contributed by atoms with van der Waals surface area (Å²) in [5.41, 5.74) is 0.474. The number of halogens is 3. The average Bonchev–Trinajstić information content (AvgIpc) is 2.85. The van der Waals surface area contributed by atoms with Crippen molar-refractivity contribution in [3.63, 3.8) is 0 Å². The maximum absolute atomic E-state index is 12.4. The van der Waals surface area contributed by atoms with Crippen LogP contribution in [-0.2, 0) is 24.1 Å². The fraction of sp³-hybridized carbons (Fsp3) is 0.357. The van der Waals surface area contributed by atoms with Gasteiger partial charge < -0.3 is 10.3 Å². The molecule has 0 aliphatic rings. The number of nitrogens with zero attached hydrogens (tertiary/aromatic N) is 2. The van der Waals surface area contributed by atoms with Gasteiger partial charge in [-0.1, -0.05) is 0 Å². The molecule has 23 heavy (non-hydrogen) atoms. The van der Waals surface area contributed by atoms with Crippen LogP contribution in [0.1, 0.15) is 22.5 Å². The van der Waals surface area contributed by atoms with Gasteiger partial charge in [-0.3, -0.25) is 14.3 Å². The highest BCUT2D eigenvalue weighted by molar-refractivity contribution is 5.75. The molecule has 0 aliphatic carbocycles. The van der Waals surface area contributed by atoms with Crippen molar-refractivity contribution in [1.29, 1.82) is 0 Å². The van der Waals surface area contributed by atoms with E-state index in [4.69, 9.17) is 0 Å². The largest absolute Gasteiger partial charge is 0.435 e. The lowest BCUT2D eigenvalue weighted by atomic mass is 10.1. The van der Waals surface area contributed by atoms with Crippen molar-refractivity contribution in [2.75, 3.05) is 0 Å². The number of H-pyrrole nitrogens is 1. The summed E-state index contributed by atoms with van der Waals surface area (Å²) in [6, 6.07) is 2.56. The number of carbonyl (C=O) groups is 1. The van der Waals surface area contributed by atoms with Crippen molar-refractivity contribution in [3.8, 4) is 0 Å². The van der Waals surface area contributed by atoms with Gasteiger partial charge in [0.1, 0.15) is 6.54 Å². The number of rotatable bonds is 4. The molecule has 2 rings (SSSR count). The maximum atomic E-state index is 12.4. The molecule has 0 saturated carbocycles. The van der Waals surface area contributed by atoms with Gasteiger partial charge in [0.25, 0.3) is 5.56 Å². The first kappa shape index (κ1) is 16.8. The van der Waals surface area contributed by atoms with E-state index in [9.17, 15) is 22.8 Å². The summed E-state index contributed by atoms with van der Waals surface area (Å²) in [5.74, 6) is -0.541. The number of hydrogen-bond donors (Lipinski definition) is 2. The smallest absolute Gasteiger partial charge is 0.350 e. The molecule has 6 nitrogen and oxygen atoms in total. The Bertz CT molecular complexity index is 777. The summed E-state index contributed by atoms with van der Waals surface area (Å²) in [7, 11) is 0. The Morgan fingerprint density at radius 3 is 2.65 bits per heavy atom. The predicted octanol–water partition coefficient (Wildman–Crippen LogP) is 1.52. The van der Waals surface area contributed by atoms with E-state index in [1.54, 1.807) is 19.9 Å². The molecule has 9 heteroatoms. The van der Waals surface area contributed by atoms with Crippen LogP contribution in [-0.4, -0.2) is 20.7 Å². The van der Waals surface area contributed by atoms with Crippen LogP contribution in [0.15, 0.2) is 23.1 Å². The van der Waals surface area contributed by atoms with Gasteiger partial charge in [-0.2, -0.15) is 18.3 Å². The Labute approximate surface area is 129 Å². The van der Waals surface area contributed by atoms with Gasteiger partial charge in [-0.25, -0.2) is 0 Å².